The fraction of sp³-hybridized carbons (Fsp3) is 0.316. The lowest BCUT2D eigenvalue weighted by Crippen LogP contribution is -2.34. The molecule has 3 nitrogen and oxygen atoms in total. The molecule has 0 unspecified atom stereocenters. The van der Waals surface area contributed by atoms with Gasteiger partial charge in [-0.1, -0.05) is 42.8 Å². The number of likely N-dealkylation sites (tertiary alicyclic amines) is 1. The van der Waals surface area contributed by atoms with Gasteiger partial charge in [-0.25, -0.2) is 4.79 Å². The van der Waals surface area contributed by atoms with Gasteiger partial charge in [0.2, 0.25) is 0 Å². The van der Waals surface area contributed by atoms with Crippen molar-refractivity contribution in [2.24, 2.45) is 0 Å². The Bertz CT molecular complexity index is 667. The van der Waals surface area contributed by atoms with Crippen molar-refractivity contribution in [1.29, 1.82) is 0 Å². The summed E-state index contributed by atoms with van der Waals surface area (Å²) in [5.74, 6) is 0. The normalized spacial score (nSPS) is 17.3. The number of aryl methyl sites for hydroxylation is 1. The van der Waals surface area contributed by atoms with Gasteiger partial charge in [0.1, 0.15) is 0 Å². The number of carbonyl (C=O) groups is 1. The first-order chi connectivity index (χ1) is 11.2. The van der Waals surface area contributed by atoms with Crippen LogP contribution in [0.2, 0.25) is 5.02 Å². The van der Waals surface area contributed by atoms with Gasteiger partial charge in [0.05, 0.1) is 6.04 Å². The van der Waals surface area contributed by atoms with Crippen LogP contribution in [0.3, 0.4) is 0 Å². The molecular formula is C19H21ClN2O. The molecule has 0 aliphatic carbocycles. The molecule has 1 fully saturated rings. The van der Waals surface area contributed by atoms with E-state index < -0.39 is 0 Å². The third-order valence-electron chi connectivity index (χ3n) is 4.38. The molecule has 0 bridgehead atoms. The van der Waals surface area contributed by atoms with E-state index in [1.807, 2.05) is 41.3 Å². The summed E-state index contributed by atoms with van der Waals surface area (Å²) in [6.07, 6.45) is 3.01. The third-order valence-corrected chi connectivity index (χ3v) is 4.63. The lowest BCUT2D eigenvalue weighted by atomic mass is 10.1. The summed E-state index contributed by atoms with van der Waals surface area (Å²) >= 11 is 5.96. The average Bonchev–Trinajstić information content (AvgIpc) is 3.06. The molecule has 1 heterocycles. The van der Waals surface area contributed by atoms with Gasteiger partial charge in [0.15, 0.2) is 0 Å². The van der Waals surface area contributed by atoms with Gasteiger partial charge < -0.3 is 10.2 Å². The molecule has 1 atom stereocenters. The molecule has 2 amide bonds. The maximum atomic E-state index is 12.6. The molecular weight excluding hydrogens is 308 g/mol. The van der Waals surface area contributed by atoms with Crippen LogP contribution in [0.25, 0.3) is 0 Å². The highest BCUT2D eigenvalue weighted by molar-refractivity contribution is 6.30. The first-order valence-corrected chi connectivity index (χ1v) is 8.47. The van der Waals surface area contributed by atoms with Crippen molar-refractivity contribution >= 4 is 23.3 Å². The average molecular weight is 329 g/mol. The standard InChI is InChI=1S/C19H21ClN2O/c1-2-14-5-11-17(12-6-14)21-19(23)22-13-3-4-18(22)15-7-9-16(20)10-8-15/h5-12,18H,2-4,13H2,1H3,(H,21,23)/t18-/m1/s1. The number of nitrogens with one attached hydrogen (secondary N) is 1. The summed E-state index contributed by atoms with van der Waals surface area (Å²) in [6, 6.07) is 15.9. The lowest BCUT2D eigenvalue weighted by Gasteiger charge is -2.25. The molecule has 3 rings (SSSR count). The number of benzene rings is 2. The van der Waals surface area contributed by atoms with Gasteiger partial charge in [0, 0.05) is 17.3 Å². The molecule has 0 radical (unpaired) electrons. The number of halogens is 1. The summed E-state index contributed by atoms with van der Waals surface area (Å²) in [4.78, 5) is 14.5. The quantitative estimate of drug-likeness (QED) is 0.817. The Balaban J connectivity index is 1.71. The Labute approximate surface area is 142 Å². The van der Waals surface area contributed by atoms with E-state index in [2.05, 4.69) is 24.4 Å². The van der Waals surface area contributed by atoms with E-state index in [1.54, 1.807) is 0 Å². The number of carbonyl (C=O) groups excluding carboxylic acids is 1. The monoisotopic (exact) mass is 328 g/mol. The first kappa shape index (κ1) is 15.9. The zero-order valence-corrected chi connectivity index (χ0v) is 14.0. The van der Waals surface area contributed by atoms with E-state index in [4.69, 9.17) is 11.6 Å². The van der Waals surface area contributed by atoms with Crippen LogP contribution in [0.15, 0.2) is 48.5 Å². The largest absolute Gasteiger partial charge is 0.322 e. The predicted octanol–water partition coefficient (Wildman–Crippen LogP) is 5.27. The summed E-state index contributed by atoms with van der Waals surface area (Å²) in [5.41, 5.74) is 3.25. The summed E-state index contributed by atoms with van der Waals surface area (Å²) < 4.78 is 0. The molecule has 4 heteroatoms. The molecule has 2 aromatic rings. The van der Waals surface area contributed by atoms with Gasteiger partial charge in [0.25, 0.3) is 0 Å². The van der Waals surface area contributed by atoms with Gasteiger partial charge in [-0.05, 0) is 54.7 Å². The number of rotatable bonds is 3. The molecule has 1 N–H and O–H groups in total. The fourth-order valence-corrected chi connectivity index (χ4v) is 3.19. The molecule has 1 aliphatic heterocycles. The van der Waals surface area contributed by atoms with E-state index >= 15 is 0 Å². The maximum Gasteiger partial charge on any atom is 0.322 e. The van der Waals surface area contributed by atoms with Crippen molar-refractivity contribution in [1.82, 2.24) is 4.90 Å². The topological polar surface area (TPSA) is 32.3 Å². The minimum absolute atomic E-state index is 0.0355. The highest BCUT2D eigenvalue weighted by Gasteiger charge is 2.29. The van der Waals surface area contributed by atoms with Crippen molar-refractivity contribution in [3.8, 4) is 0 Å². The second-order valence-electron chi connectivity index (χ2n) is 5.88. The summed E-state index contributed by atoms with van der Waals surface area (Å²) in [6.45, 7) is 2.90. The Hall–Kier alpha value is -2.00. The Morgan fingerprint density at radius 1 is 1.17 bits per heavy atom. The molecule has 0 saturated carbocycles. The van der Waals surface area contributed by atoms with Crippen molar-refractivity contribution < 1.29 is 4.79 Å². The number of anilines is 1. The van der Waals surface area contributed by atoms with Gasteiger partial charge in [-0.3, -0.25) is 0 Å². The molecule has 2 aromatic carbocycles. The third kappa shape index (κ3) is 3.67. The van der Waals surface area contributed by atoms with Crippen LogP contribution in [0, 0.1) is 0 Å². The van der Waals surface area contributed by atoms with Crippen LogP contribution in [0.1, 0.15) is 36.9 Å². The van der Waals surface area contributed by atoms with E-state index in [1.165, 1.54) is 5.56 Å². The number of hydrogen-bond acceptors (Lipinski definition) is 1. The van der Waals surface area contributed by atoms with Crippen molar-refractivity contribution in [3.63, 3.8) is 0 Å². The Morgan fingerprint density at radius 2 is 1.87 bits per heavy atom. The molecule has 1 aliphatic rings. The first-order valence-electron chi connectivity index (χ1n) is 8.09. The van der Waals surface area contributed by atoms with E-state index in [9.17, 15) is 4.79 Å². The number of nitrogens with zero attached hydrogens (tertiary/aromatic N) is 1. The second kappa shape index (κ2) is 7.05. The highest BCUT2D eigenvalue weighted by Crippen LogP contribution is 2.32. The molecule has 120 valence electrons. The Morgan fingerprint density at radius 3 is 2.52 bits per heavy atom. The molecule has 0 aromatic heterocycles. The van der Waals surface area contributed by atoms with Crippen LogP contribution in [0.4, 0.5) is 10.5 Å². The highest BCUT2D eigenvalue weighted by atomic mass is 35.5. The zero-order chi connectivity index (χ0) is 16.2. The van der Waals surface area contributed by atoms with Crippen molar-refractivity contribution in [2.75, 3.05) is 11.9 Å². The van der Waals surface area contributed by atoms with Gasteiger partial charge >= 0.3 is 6.03 Å². The fourth-order valence-electron chi connectivity index (χ4n) is 3.06. The van der Waals surface area contributed by atoms with Gasteiger partial charge in [-0.2, -0.15) is 0 Å². The molecule has 23 heavy (non-hydrogen) atoms. The van der Waals surface area contributed by atoms with E-state index in [0.29, 0.717) is 0 Å². The smallest absolute Gasteiger partial charge is 0.317 e. The minimum atomic E-state index is -0.0355. The van der Waals surface area contributed by atoms with Crippen LogP contribution in [-0.2, 0) is 6.42 Å². The van der Waals surface area contributed by atoms with Gasteiger partial charge in [-0.15, -0.1) is 0 Å². The predicted molar refractivity (Wildman–Crippen MR) is 95.0 cm³/mol. The molecule has 1 saturated heterocycles. The van der Waals surface area contributed by atoms with Crippen LogP contribution >= 0.6 is 11.6 Å². The van der Waals surface area contributed by atoms with E-state index in [-0.39, 0.29) is 12.1 Å². The second-order valence-corrected chi connectivity index (χ2v) is 6.32. The lowest BCUT2D eigenvalue weighted by molar-refractivity contribution is 0.207. The maximum absolute atomic E-state index is 12.6. The number of hydrogen-bond donors (Lipinski definition) is 1. The zero-order valence-electron chi connectivity index (χ0n) is 13.3. The van der Waals surface area contributed by atoms with E-state index in [0.717, 1.165) is 42.1 Å². The van der Waals surface area contributed by atoms with Crippen LogP contribution in [0.5, 0.6) is 0 Å². The molecule has 0 spiro atoms. The number of amides is 2. The van der Waals surface area contributed by atoms with Crippen molar-refractivity contribution in [2.45, 2.75) is 32.2 Å². The SMILES string of the molecule is CCc1ccc(NC(=O)N2CCC[C@@H]2c2ccc(Cl)cc2)cc1. The van der Waals surface area contributed by atoms with Crippen LogP contribution < -0.4 is 5.32 Å². The van der Waals surface area contributed by atoms with Crippen LogP contribution in [-0.4, -0.2) is 17.5 Å². The van der Waals surface area contributed by atoms with Crippen molar-refractivity contribution in [3.05, 3.63) is 64.7 Å². The summed E-state index contributed by atoms with van der Waals surface area (Å²) in [7, 11) is 0. The summed E-state index contributed by atoms with van der Waals surface area (Å²) in [5, 5.41) is 3.73. The Kier molecular flexibility index (Phi) is 4.87. The number of urea groups is 1. The minimum Gasteiger partial charge on any atom is -0.317 e.